The Hall–Kier alpha value is -1.33. The number of allylic oxidation sites excluding steroid dienone is 1. The zero-order valence-electron chi connectivity index (χ0n) is 14.1. The molecule has 0 heterocycles. The first-order valence-corrected chi connectivity index (χ1v) is 11.7. The third-order valence-corrected chi connectivity index (χ3v) is 5.92. The molecule has 25 heavy (non-hydrogen) atoms. The van der Waals surface area contributed by atoms with Crippen LogP contribution in [0.5, 0.6) is 0 Å². The third-order valence-electron chi connectivity index (χ3n) is 3.19. The number of hydrogen-bond acceptors (Lipinski definition) is 0. The van der Waals surface area contributed by atoms with Crippen LogP contribution >= 0.6 is 22.1 Å². The van der Waals surface area contributed by atoms with Crippen LogP contribution in [0.4, 0.5) is 0 Å². The normalized spacial score (nSPS) is 9.32. The minimum absolute atomic E-state index is 0.667. The van der Waals surface area contributed by atoms with E-state index in [1.54, 1.807) is 6.92 Å². The Morgan fingerprint density at radius 2 is 0.920 bits per heavy atom. The minimum Gasteiger partial charge on any atom is -0.0620 e. The molecule has 3 heteroatoms. The predicted octanol–water partition coefficient (Wildman–Crippen LogP) is 5.22. The van der Waals surface area contributed by atoms with Crippen molar-refractivity contribution in [3.05, 3.63) is 110 Å². The second-order valence-corrected chi connectivity index (χ2v) is 7.80. The summed E-state index contributed by atoms with van der Waals surface area (Å²) in [5.41, 5.74) is 0.667. The van der Waals surface area contributed by atoms with Crippen LogP contribution in [-0.4, -0.2) is 0 Å². The van der Waals surface area contributed by atoms with Crippen LogP contribution in [0.25, 0.3) is 0 Å². The Labute approximate surface area is 168 Å². The van der Waals surface area contributed by atoms with E-state index >= 15 is 0 Å². The maximum absolute atomic E-state index is 4.92. The molecule has 0 saturated carbocycles. The molecule has 0 radical (unpaired) electrons. The first kappa shape index (κ1) is 21.7. The molecule has 0 bridgehead atoms. The third kappa shape index (κ3) is 8.06. The van der Waals surface area contributed by atoms with Gasteiger partial charge in [-0.2, -0.15) is 0 Å². The molecule has 0 N–H and O–H groups in total. The quantitative estimate of drug-likeness (QED) is 0.288. The number of hydrogen-bond donors (Lipinski definition) is 0. The summed E-state index contributed by atoms with van der Waals surface area (Å²) >= 11 is 6.25. The van der Waals surface area contributed by atoms with Crippen LogP contribution in [0.3, 0.4) is 0 Å². The van der Waals surface area contributed by atoms with Gasteiger partial charge in [0.2, 0.25) is 0 Å². The van der Waals surface area contributed by atoms with E-state index in [1.165, 1.54) is 15.9 Å². The molecule has 0 saturated heterocycles. The van der Waals surface area contributed by atoms with Crippen molar-refractivity contribution in [3.8, 4) is 0 Å². The maximum atomic E-state index is 4.92. The van der Waals surface area contributed by atoms with E-state index in [2.05, 4.69) is 126 Å². The molecule has 3 rings (SSSR count). The van der Waals surface area contributed by atoms with Gasteiger partial charge < -0.3 is 19.1 Å². The molecule has 0 aliphatic heterocycles. The van der Waals surface area contributed by atoms with Gasteiger partial charge in [-0.25, -0.2) is 0 Å². The van der Waals surface area contributed by atoms with E-state index in [1.807, 2.05) is 0 Å². The molecule has 0 aliphatic rings. The summed E-state index contributed by atoms with van der Waals surface area (Å²) in [7, 11) is -0.877. The predicted molar refractivity (Wildman–Crippen MR) is 114 cm³/mol. The average molecular weight is 456 g/mol. The number of rotatable bonds is 3. The van der Waals surface area contributed by atoms with E-state index in [0.717, 1.165) is 0 Å². The molecule has 133 valence electrons. The van der Waals surface area contributed by atoms with Gasteiger partial charge in [0, 0.05) is 0 Å². The van der Waals surface area contributed by atoms with Gasteiger partial charge in [-0.3, -0.25) is 0 Å². The Bertz CT molecular complexity index is 617. The van der Waals surface area contributed by atoms with Gasteiger partial charge in [0.15, 0.2) is 0 Å². The summed E-state index contributed by atoms with van der Waals surface area (Å²) in [5, 5.41) is 4.31. The van der Waals surface area contributed by atoms with Gasteiger partial charge in [-0.05, 0) is 36.4 Å². The van der Waals surface area contributed by atoms with Crippen molar-refractivity contribution in [2.75, 3.05) is 0 Å². The van der Waals surface area contributed by atoms with Crippen LogP contribution in [0.15, 0.2) is 96.6 Å². The molecule has 0 fully saturated rings. The Kier molecular flexibility index (Phi) is 11.3. The molecule has 0 amide bonds. The summed E-state index contributed by atoms with van der Waals surface area (Å²) < 4.78 is 0. The molecule has 0 aromatic heterocycles. The monoisotopic (exact) mass is 454 g/mol. The van der Waals surface area contributed by atoms with E-state index in [4.69, 9.17) is 6.58 Å². The molecule has 0 unspecified atom stereocenters. The molecule has 0 spiro atoms. The van der Waals surface area contributed by atoms with Crippen LogP contribution in [0.2, 0.25) is 0 Å². The van der Waals surface area contributed by atoms with Crippen molar-refractivity contribution in [2.45, 2.75) is 6.92 Å². The van der Waals surface area contributed by atoms with Crippen LogP contribution in [-0.2, 0) is 13.7 Å². The van der Waals surface area contributed by atoms with Crippen LogP contribution in [0, 0.1) is 13.5 Å². The van der Waals surface area contributed by atoms with Gasteiger partial charge in [0.1, 0.15) is 15.9 Å². The van der Waals surface area contributed by atoms with Gasteiger partial charge >= 0.3 is 27.9 Å². The van der Waals surface area contributed by atoms with Crippen LogP contribution < -0.4 is 15.9 Å². The van der Waals surface area contributed by atoms with E-state index < -0.39 is 7.92 Å². The van der Waals surface area contributed by atoms with Gasteiger partial charge in [0.25, 0.3) is 0 Å². The smallest absolute Gasteiger partial charge is 0.0620 e. The molecule has 0 atom stereocenters. The van der Waals surface area contributed by atoms with E-state index in [9.17, 15) is 0 Å². The van der Waals surface area contributed by atoms with Gasteiger partial charge in [-0.1, -0.05) is 54.6 Å². The first-order valence-electron chi connectivity index (χ1n) is 7.74. The van der Waals surface area contributed by atoms with Crippen molar-refractivity contribution in [1.82, 2.24) is 0 Å². The van der Waals surface area contributed by atoms with Crippen molar-refractivity contribution in [1.29, 1.82) is 0 Å². The fraction of sp³-hybridized carbons (Fsp3) is 0.0455. The topological polar surface area (TPSA) is 0 Å². The summed E-state index contributed by atoms with van der Waals surface area (Å²) in [6.45, 7) is 10.0. The Morgan fingerprint density at radius 1 is 0.720 bits per heavy atom. The van der Waals surface area contributed by atoms with Crippen LogP contribution in [0.1, 0.15) is 6.92 Å². The van der Waals surface area contributed by atoms with Gasteiger partial charge in [0.05, 0.1) is 7.92 Å². The number of halogens is 1. The Morgan fingerprint density at radius 3 is 1.12 bits per heavy atom. The van der Waals surface area contributed by atoms with Gasteiger partial charge in [-0.15, -0.1) is 6.92 Å². The summed E-state index contributed by atoms with van der Waals surface area (Å²) in [4.78, 5) is 0. The fourth-order valence-electron chi connectivity index (χ4n) is 2.31. The molecular weight excluding hydrogens is 434 g/mol. The molecular formula is C22H22BrNiP-. The zero-order valence-corrected chi connectivity index (χ0v) is 17.7. The largest absolute Gasteiger partial charge is 0.102 e. The first-order chi connectivity index (χ1) is 12.2. The summed E-state index contributed by atoms with van der Waals surface area (Å²) in [5.74, 6) is 0. The zero-order chi connectivity index (χ0) is 18.5. The molecule has 3 aromatic rings. The van der Waals surface area contributed by atoms with Crippen molar-refractivity contribution < 1.29 is 13.7 Å². The standard InChI is InChI=1S/C18H15P.C4H6.BrH.Ni/c1-4-10-16(11-5-1)19(17-12-6-2-7-13-17)18-14-8-3-9-15-18;1-4(2)3;;/h1-15H;1H,2H2,3H3;1H;/q;-2;;+1. The average Bonchev–Trinajstić information content (AvgIpc) is 2.66. The van der Waals surface area contributed by atoms with E-state index in [-0.39, 0.29) is 0 Å². The summed E-state index contributed by atoms with van der Waals surface area (Å²) in [6, 6.07) is 32.5. The van der Waals surface area contributed by atoms with Crippen molar-refractivity contribution in [2.24, 2.45) is 0 Å². The molecule has 0 nitrogen and oxygen atoms in total. The summed E-state index contributed by atoms with van der Waals surface area (Å²) in [6.07, 6.45) is 0. The van der Waals surface area contributed by atoms with Crippen molar-refractivity contribution >= 4 is 38.1 Å². The van der Waals surface area contributed by atoms with Crippen molar-refractivity contribution in [3.63, 3.8) is 0 Å². The maximum Gasteiger partial charge on any atom is 0.102 e. The fourth-order valence-corrected chi connectivity index (χ4v) is 4.89. The second kappa shape index (κ2) is 13.0. The minimum atomic E-state index is -0.877. The molecule has 0 aliphatic carbocycles. The molecule has 3 aromatic carbocycles. The number of benzene rings is 3. The Balaban J connectivity index is 0.000000461. The van der Waals surface area contributed by atoms with E-state index in [0.29, 0.717) is 5.57 Å². The SMILES string of the molecule is [CH-]=C([CH2-])C.[Ni][Br].c1ccc([PH+](c2ccccc2)c2ccccc2)cc1. The second-order valence-electron chi connectivity index (χ2n) is 5.32.